The van der Waals surface area contributed by atoms with Crippen LogP contribution in [0.1, 0.15) is 82.4 Å². The van der Waals surface area contributed by atoms with Gasteiger partial charge < -0.3 is 18.9 Å². The SMILES string of the molecule is COC(=Cc1cc(C)c(OC(=O)C(C)(C)C)c(C)c1OC(C)C)C(=O)c1ccc(OC(=O)C(C)(C)C)cc1. The number of ether oxygens (including phenoxy) is 4. The molecule has 2 aromatic rings. The second-order valence-corrected chi connectivity index (χ2v) is 11.6. The van der Waals surface area contributed by atoms with Crippen molar-refractivity contribution >= 4 is 23.8 Å². The molecule has 0 bridgehead atoms. The van der Waals surface area contributed by atoms with Crippen molar-refractivity contribution in [3.63, 3.8) is 0 Å². The topological polar surface area (TPSA) is 88.1 Å². The standard InChI is InChI=1S/C31H40O7/c1-18(2)36-27-20(4)26(38-29(34)31(8,9)10)19(3)16-22(27)17-24(35-11)25(32)21-12-14-23(15-13-21)37-28(33)30(5,6)7/h12-18H,1-11H3. The van der Waals surface area contributed by atoms with E-state index in [4.69, 9.17) is 18.9 Å². The van der Waals surface area contributed by atoms with Crippen LogP contribution in [0.15, 0.2) is 36.1 Å². The summed E-state index contributed by atoms with van der Waals surface area (Å²) < 4.78 is 22.7. The van der Waals surface area contributed by atoms with Crippen LogP contribution < -0.4 is 14.2 Å². The third-order valence-electron chi connectivity index (χ3n) is 5.50. The zero-order valence-corrected chi connectivity index (χ0v) is 24.4. The molecule has 0 unspecified atom stereocenters. The van der Waals surface area contributed by atoms with E-state index < -0.39 is 10.8 Å². The van der Waals surface area contributed by atoms with Crippen molar-refractivity contribution in [1.29, 1.82) is 0 Å². The normalized spacial score (nSPS) is 12.3. The van der Waals surface area contributed by atoms with Crippen LogP contribution in [0.3, 0.4) is 0 Å². The molecule has 0 aliphatic heterocycles. The van der Waals surface area contributed by atoms with Crippen LogP contribution in [0.5, 0.6) is 17.2 Å². The fourth-order valence-electron chi connectivity index (χ4n) is 3.32. The zero-order valence-electron chi connectivity index (χ0n) is 24.4. The summed E-state index contributed by atoms with van der Waals surface area (Å²) in [5, 5.41) is 0. The first-order chi connectivity index (χ1) is 17.4. The summed E-state index contributed by atoms with van der Waals surface area (Å²) in [5.74, 6) is 0.300. The number of carbonyl (C=O) groups is 3. The van der Waals surface area contributed by atoms with Crippen molar-refractivity contribution in [1.82, 2.24) is 0 Å². The number of Topliss-reactive ketones (excluding diaryl/α,β-unsaturated/α-hetero) is 1. The van der Waals surface area contributed by atoms with Gasteiger partial charge in [-0.2, -0.15) is 0 Å². The van der Waals surface area contributed by atoms with Crippen molar-refractivity contribution in [2.75, 3.05) is 7.11 Å². The summed E-state index contributed by atoms with van der Waals surface area (Å²) in [4.78, 5) is 38.0. The number of ketones is 1. The number of carbonyl (C=O) groups excluding carboxylic acids is 3. The highest BCUT2D eigenvalue weighted by Crippen LogP contribution is 2.38. The van der Waals surface area contributed by atoms with Gasteiger partial charge in [-0.05, 0) is 111 Å². The molecule has 0 atom stereocenters. The summed E-state index contributed by atoms with van der Waals surface area (Å²) in [6, 6.07) is 8.11. The molecular formula is C31H40O7. The lowest BCUT2D eigenvalue weighted by Crippen LogP contribution is -2.26. The fourth-order valence-corrected chi connectivity index (χ4v) is 3.32. The Balaban J connectivity index is 2.48. The quantitative estimate of drug-likeness (QED) is 0.122. The number of methoxy groups -OCH3 is 1. The molecule has 0 N–H and O–H groups in total. The van der Waals surface area contributed by atoms with Gasteiger partial charge in [-0.3, -0.25) is 14.4 Å². The molecule has 206 valence electrons. The van der Waals surface area contributed by atoms with E-state index >= 15 is 0 Å². The smallest absolute Gasteiger partial charge is 0.316 e. The minimum Gasteiger partial charge on any atom is -0.493 e. The molecule has 0 spiro atoms. The third-order valence-corrected chi connectivity index (χ3v) is 5.50. The van der Waals surface area contributed by atoms with E-state index in [2.05, 4.69) is 0 Å². The first-order valence-corrected chi connectivity index (χ1v) is 12.6. The maximum absolute atomic E-state index is 13.3. The highest BCUT2D eigenvalue weighted by molar-refractivity contribution is 6.10. The number of hydrogen-bond acceptors (Lipinski definition) is 7. The molecule has 0 aliphatic rings. The van der Waals surface area contributed by atoms with Crippen LogP contribution >= 0.6 is 0 Å². The predicted octanol–water partition coefficient (Wildman–Crippen LogP) is 6.86. The van der Waals surface area contributed by atoms with Gasteiger partial charge in [-0.1, -0.05) is 0 Å². The Morgan fingerprint density at radius 3 is 1.82 bits per heavy atom. The lowest BCUT2D eigenvalue weighted by Gasteiger charge is -2.22. The summed E-state index contributed by atoms with van der Waals surface area (Å²) in [6.07, 6.45) is 1.45. The van der Waals surface area contributed by atoms with Crippen molar-refractivity contribution in [2.24, 2.45) is 10.8 Å². The first kappa shape index (κ1) is 30.6. The van der Waals surface area contributed by atoms with E-state index in [0.29, 0.717) is 33.9 Å². The van der Waals surface area contributed by atoms with E-state index in [9.17, 15) is 14.4 Å². The van der Waals surface area contributed by atoms with E-state index in [1.807, 2.05) is 27.7 Å². The summed E-state index contributed by atoms with van der Waals surface area (Å²) in [5.41, 5.74) is 1.03. The van der Waals surface area contributed by atoms with Crippen LogP contribution in [-0.4, -0.2) is 30.9 Å². The molecule has 7 heteroatoms. The molecule has 0 saturated carbocycles. The average Bonchev–Trinajstić information content (AvgIpc) is 2.80. The highest BCUT2D eigenvalue weighted by atomic mass is 16.5. The van der Waals surface area contributed by atoms with Crippen molar-refractivity contribution in [3.8, 4) is 17.2 Å². The Bertz CT molecular complexity index is 1220. The molecule has 0 aliphatic carbocycles. The monoisotopic (exact) mass is 524 g/mol. The Morgan fingerprint density at radius 1 is 0.816 bits per heavy atom. The number of hydrogen-bond donors (Lipinski definition) is 0. The molecule has 0 fully saturated rings. The first-order valence-electron chi connectivity index (χ1n) is 12.6. The highest BCUT2D eigenvalue weighted by Gasteiger charge is 2.27. The maximum Gasteiger partial charge on any atom is 0.316 e. The van der Waals surface area contributed by atoms with Gasteiger partial charge in [-0.15, -0.1) is 0 Å². The Labute approximate surface area is 226 Å². The predicted molar refractivity (Wildman–Crippen MR) is 148 cm³/mol. The van der Waals surface area contributed by atoms with Crippen molar-refractivity contribution in [2.45, 2.75) is 75.3 Å². The summed E-state index contributed by atoms with van der Waals surface area (Å²) in [6.45, 7) is 18.1. The number of aryl methyl sites for hydroxylation is 1. The second-order valence-electron chi connectivity index (χ2n) is 11.6. The minimum atomic E-state index is -0.674. The van der Waals surface area contributed by atoms with Gasteiger partial charge in [0.25, 0.3) is 0 Å². The zero-order chi connectivity index (χ0) is 29.0. The van der Waals surface area contributed by atoms with Crippen LogP contribution in [0, 0.1) is 24.7 Å². The van der Waals surface area contributed by atoms with Crippen LogP contribution in [-0.2, 0) is 14.3 Å². The van der Waals surface area contributed by atoms with Gasteiger partial charge in [-0.25, -0.2) is 0 Å². The largest absolute Gasteiger partial charge is 0.493 e. The van der Waals surface area contributed by atoms with Crippen molar-refractivity contribution < 1.29 is 33.3 Å². The fraction of sp³-hybridized carbons (Fsp3) is 0.452. The molecular weight excluding hydrogens is 484 g/mol. The van der Waals surface area contributed by atoms with Gasteiger partial charge in [0.05, 0.1) is 24.0 Å². The van der Waals surface area contributed by atoms with Gasteiger partial charge in [0.2, 0.25) is 5.78 Å². The van der Waals surface area contributed by atoms with Crippen LogP contribution in [0.4, 0.5) is 0 Å². The molecule has 2 rings (SSSR count). The van der Waals surface area contributed by atoms with Gasteiger partial charge in [0.15, 0.2) is 5.76 Å². The van der Waals surface area contributed by atoms with Gasteiger partial charge >= 0.3 is 11.9 Å². The summed E-state index contributed by atoms with van der Waals surface area (Å²) in [7, 11) is 1.42. The number of rotatable bonds is 8. The molecule has 0 heterocycles. The van der Waals surface area contributed by atoms with Crippen LogP contribution in [0.2, 0.25) is 0 Å². The Morgan fingerprint density at radius 2 is 1.34 bits per heavy atom. The van der Waals surface area contributed by atoms with Crippen LogP contribution in [0.25, 0.3) is 6.08 Å². The molecule has 38 heavy (non-hydrogen) atoms. The number of benzene rings is 2. The minimum absolute atomic E-state index is 0.0938. The third kappa shape index (κ3) is 7.70. The summed E-state index contributed by atoms with van der Waals surface area (Å²) >= 11 is 0. The number of allylic oxidation sites excluding steroid dienone is 1. The molecule has 0 aromatic heterocycles. The molecule has 0 amide bonds. The van der Waals surface area contributed by atoms with Gasteiger partial charge in [0, 0.05) is 16.7 Å². The molecule has 7 nitrogen and oxygen atoms in total. The molecule has 0 radical (unpaired) electrons. The van der Waals surface area contributed by atoms with E-state index in [1.54, 1.807) is 78.0 Å². The Hall–Kier alpha value is -3.61. The van der Waals surface area contributed by atoms with E-state index in [1.165, 1.54) is 7.11 Å². The average molecular weight is 525 g/mol. The Kier molecular flexibility index (Phi) is 9.54. The van der Waals surface area contributed by atoms with Crippen molar-refractivity contribution in [3.05, 3.63) is 58.3 Å². The lowest BCUT2D eigenvalue weighted by atomic mass is 9.97. The molecule has 0 saturated heterocycles. The lowest BCUT2D eigenvalue weighted by molar-refractivity contribution is -0.143. The van der Waals surface area contributed by atoms with E-state index in [-0.39, 0.29) is 29.6 Å². The second kappa shape index (κ2) is 11.8. The van der Waals surface area contributed by atoms with Gasteiger partial charge in [0.1, 0.15) is 17.2 Å². The molecule has 2 aromatic carbocycles. The number of esters is 2. The van der Waals surface area contributed by atoms with E-state index in [0.717, 1.165) is 5.56 Å². The maximum atomic E-state index is 13.3.